The van der Waals surface area contributed by atoms with Crippen LogP contribution in [0.2, 0.25) is 0 Å². The predicted molar refractivity (Wildman–Crippen MR) is 78.6 cm³/mol. The fourth-order valence-electron chi connectivity index (χ4n) is 1.92. The molecule has 1 unspecified atom stereocenters. The van der Waals surface area contributed by atoms with E-state index >= 15 is 0 Å². The Morgan fingerprint density at radius 1 is 1.21 bits per heavy atom. The van der Waals surface area contributed by atoms with Crippen LogP contribution >= 0.6 is 0 Å². The Kier molecular flexibility index (Phi) is 7.11. The molecule has 0 amide bonds. The van der Waals surface area contributed by atoms with Crippen LogP contribution in [0.4, 0.5) is 0 Å². The molecule has 1 aromatic rings. The van der Waals surface area contributed by atoms with E-state index in [0.717, 1.165) is 44.0 Å². The lowest BCUT2D eigenvalue weighted by atomic mass is 10.1. The summed E-state index contributed by atoms with van der Waals surface area (Å²) in [5.74, 6) is 0.849. The molecule has 0 aromatic heterocycles. The summed E-state index contributed by atoms with van der Waals surface area (Å²) < 4.78 is 5.68. The first-order valence-electron chi connectivity index (χ1n) is 6.98. The fourth-order valence-corrected chi connectivity index (χ4v) is 1.92. The van der Waals surface area contributed by atoms with E-state index in [0.29, 0.717) is 0 Å². The second kappa shape index (κ2) is 8.64. The van der Waals surface area contributed by atoms with Crippen molar-refractivity contribution in [2.45, 2.75) is 33.2 Å². The normalized spacial score (nSPS) is 12.4. The number of benzene rings is 1. The molecule has 0 aliphatic rings. The van der Waals surface area contributed by atoms with Gasteiger partial charge >= 0.3 is 0 Å². The van der Waals surface area contributed by atoms with Crippen molar-refractivity contribution in [2.24, 2.45) is 5.18 Å². The molecule has 4 nitrogen and oxygen atoms in total. The molecule has 0 bridgehead atoms. The van der Waals surface area contributed by atoms with Gasteiger partial charge in [0.1, 0.15) is 11.8 Å². The topological polar surface area (TPSA) is 41.9 Å². The number of hydrogen-bond donors (Lipinski definition) is 0. The van der Waals surface area contributed by atoms with Crippen LogP contribution in [-0.4, -0.2) is 31.1 Å². The maximum atomic E-state index is 10.4. The van der Waals surface area contributed by atoms with Crippen LogP contribution in [0.15, 0.2) is 29.4 Å². The molecule has 4 heteroatoms. The first-order chi connectivity index (χ1) is 9.21. The first-order valence-corrected chi connectivity index (χ1v) is 6.98. The van der Waals surface area contributed by atoms with E-state index in [1.165, 1.54) is 0 Å². The molecule has 0 aliphatic heterocycles. The molecule has 0 spiro atoms. The second-order valence-corrected chi connectivity index (χ2v) is 4.58. The lowest BCUT2D eigenvalue weighted by Crippen LogP contribution is -2.25. The maximum absolute atomic E-state index is 10.4. The van der Waals surface area contributed by atoms with Gasteiger partial charge in [0.2, 0.25) is 0 Å². The Hall–Kier alpha value is -1.42. The minimum Gasteiger partial charge on any atom is -0.494 e. The van der Waals surface area contributed by atoms with Gasteiger partial charge in [-0.15, -0.1) is 0 Å². The van der Waals surface area contributed by atoms with E-state index in [1.54, 1.807) is 6.92 Å². The molecular formula is C15H24N2O2. The van der Waals surface area contributed by atoms with E-state index < -0.39 is 0 Å². The molecule has 1 atom stereocenters. The van der Waals surface area contributed by atoms with Crippen molar-refractivity contribution >= 4 is 0 Å². The Morgan fingerprint density at radius 3 is 2.37 bits per heavy atom. The van der Waals surface area contributed by atoms with Crippen molar-refractivity contribution in [3.05, 3.63) is 34.7 Å². The molecule has 0 saturated carbocycles. The van der Waals surface area contributed by atoms with Crippen LogP contribution in [0.3, 0.4) is 0 Å². The van der Waals surface area contributed by atoms with Crippen LogP contribution < -0.4 is 4.74 Å². The molecule has 1 rings (SSSR count). The monoisotopic (exact) mass is 264 g/mol. The molecule has 0 N–H and O–H groups in total. The third-order valence-electron chi connectivity index (χ3n) is 3.30. The summed E-state index contributed by atoms with van der Waals surface area (Å²) >= 11 is 0. The summed E-state index contributed by atoms with van der Waals surface area (Å²) in [7, 11) is 0. The highest BCUT2D eigenvalue weighted by Crippen LogP contribution is 2.19. The SMILES string of the molecule is CCN(CC)CCCOc1ccc(C(C)N=O)cc1. The molecule has 106 valence electrons. The summed E-state index contributed by atoms with van der Waals surface area (Å²) in [6, 6.07) is 7.29. The van der Waals surface area contributed by atoms with Crippen molar-refractivity contribution in [3.63, 3.8) is 0 Å². The smallest absolute Gasteiger partial charge is 0.119 e. The summed E-state index contributed by atoms with van der Waals surface area (Å²) in [5, 5.41) is 3.01. The van der Waals surface area contributed by atoms with E-state index in [-0.39, 0.29) is 6.04 Å². The zero-order chi connectivity index (χ0) is 14.1. The van der Waals surface area contributed by atoms with Gasteiger partial charge < -0.3 is 9.64 Å². The highest BCUT2D eigenvalue weighted by Gasteiger charge is 2.04. The van der Waals surface area contributed by atoms with Gasteiger partial charge in [0.15, 0.2) is 0 Å². The fraction of sp³-hybridized carbons (Fsp3) is 0.600. The first kappa shape index (κ1) is 15.6. The average Bonchev–Trinajstić information content (AvgIpc) is 2.47. The van der Waals surface area contributed by atoms with Crippen molar-refractivity contribution in [1.82, 2.24) is 4.90 Å². The summed E-state index contributed by atoms with van der Waals surface area (Å²) in [6.07, 6.45) is 1.02. The van der Waals surface area contributed by atoms with Gasteiger partial charge in [-0.3, -0.25) is 0 Å². The largest absolute Gasteiger partial charge is 0.494 e. The standard InChI is InChI=1S/C15H24N2O2/c1-4-17(5-2)11-6-12-19-15-9-7-14(8-10-15)13(3)16-18/h7-10,13H,4-6,11-12H2,1-3H3. The van der Waals surface area contributed by atoms with Gasteiger partial charge in [0, 0.05) is 6.54 Å². The van der Waals surface area contributed by atoms with Gasteiger partial charge in [-0.1, -0.05) is 31.2 Å². The van der Waals surface area contributed by atoms with Crippen molar-refractivity contribution in [2.75, 3.05) is 26.2 Å². The highest BCUT2D eigenvalue weighted by molar-refractivity contribution is 5.28. The maximum Gasteiger partial charge on any atom is 0.119 e. The highest BCUT2D eigenvalue weighted by atomic mass is 16.5. The third kappa shape index (κ3) is 5.39. The third-order valence-corrected chi connectivity index (χ3v) is 3.30. The predicted octanol–water partition coefficient (Wildman–Crippen LogP) is 3.62. The summed E-state index contributed by atoms with van der Waals surface area (Å²) in [5.41, 5.74) is 0.922. The molecule has 0 aliphatic carbocycles. The van der Waals surface area contributed by atoms with Crippen LogP contribution in [0.25, 0.3) is 0 Å². The molecule has 0 fully saturated rings. The van der Waals surface area contributed by atoms with Crippen molar-refractivity contribution < 1.29 is 4.74 Å². The summed E-state index contributed by atoms with van der Waals surface area (Å²) in [6.45, 7) is 10.1. The van der Waals surface area contributed by atoms with E-state index in [1.807, 2.05) is 24.3 Å². The quantitative estimate of drug-likeness (QED) is 0.505. The van der Waals surface area contributed by atoms with E-state index in [4.69, 9.17) is 4.74 Å². The number of nitroso groups, excluding NO2 is 1. The Bertz CT molecular complexity index is 361. The van der Waals surface area contributed by atoms with Crippen molar-refractivity contribution in [3.8, 4) is 5.75 Å². The van der Waals surface area contributed by atoms with Gasteiger partial charge in [-0.2, -0.15) is 4.91 Å². The summed E-state index contributed by atoms with van der Waals surface area (Å²) in [4.78, 5) is 12.8. The average molecular weight is 264 g/mol. The molecule has 1 aromatic carbocycles. The van der Waals surface area contributed by atoms with Crippen LogP contribution in [0.1, 0.15) is 38.8 Å². The molecule has 0 saturated heterocycles. The second-order valence-electron chi connectivity index (χ2n) is 4.58. The van der Waals surface area contributed by atoms with E-state index in [2.05, 4.69) is 23.9 Å². The molecule has 0 heterocycles. The minimum absolute atomic E-state index is 0.295. The Balaban J connectivity index is 2.32. The number of ether oxygens (including phenoxy) is 1. The van der Waals surface area contributed by atoms with Gasteiger partial charge in [0.25, 0.3) is 0 Å². The molecular weight excluding hydrogens is 240 g/mol. The lowest BCUT2D eigenvalue weighted by molar-refractivity contribution is 0.249. The number of nitrogens with zero attached hydrogens (tertiary/aromatic N) is 2. The lowest BCUT2D eigenvalue weighted by Gasteiger charge is -2.17. The molecule has 0 radical (unpaired) electrons. The van der Waals surface area contributed by atoms with Gasteiger partial charge in [-0.05, 0) is 44.1 Å². The zero-order valence-electron chi connectivity index (χ0n) is 12.1. The van der Waals surface area contributed by atoms with E-state index in [9.17, 15) is 4.91 Å². The van der Waals surface area contributed by atoms with Crippen LogP contribution in [0.5, 0.6) is 5.75 Å². The van der Waals surface area contributed by atoms with Crippen LogP contribution in [0, 0.1) is 4.91 Å². The number of hydrogen-bond acceptors (Lipinski definition) is 4. The number of rotatable bonds is 9. The zero-order valence-corrected chi connectivity index (χ0v) is 12.1. The minimum atomic E-state index is -0.295. The van der Waals surface area contributed by atoms with Crippen molar-refractivity contribution in [1.29, 1.82) is 0 Å². The molecule has 19 heavy (non-hydrogen) atoms. The van der Waals surface area contributed by atoms with Gasteiger partial charge in [-0.25, -0.2) is 0 Å². The Labute approximate surface area is 115 Å². The van der Waals surface area contributed by atoms with Gasteiger partial charge in [0.05, 0.1) is 6.61 Å². The van der Waals surface area contributed by atoms with Crippen LogP contribution in [-0.2, 0) is 0 Å². The Morgan fingerprint density at radius 2 is 1.84 bits per heavy atom.